The third-order valence-electron chi connectivity index (χ3n) is 4.42. The highest BCUT2D eigenvalue weighted by Gasteiger charge is 2.33. The number of aromatic nitrogens is 4. The lowest BCUT2D eigenvalue weighted by Crippen LogP contribution is -2.16. The third-order valence-corrected chi connectivity index (χ3v) is 4.42. The third kappa shape index (κ3) is 2.76. The molecular weight excluding hydrogens is 263 g/mol. The van der Waals surface area contributed by atoms with Crippen LogP contribution in [0, 0.1) is 5.41 Å². The molecule has 2 atom stereocenters. The largest absolute Gasteiger partial charge is 0.310 e. The Bertz CT molecular complexity index is 716. The fourth-order valence-corrected chi connectivity index (χ4v) is 3.33. The number of rotatable bonds is 3. The average molecular weight is 286 g/mol. The van der Waals surface area contributed by atoms with Gasteiger partial charge >= 0.3 is 0 Å². The lowest BCUT2D eigenvalue weighted by atomic mass is 9.90. The molecule has 1 N–H and O–H groups in total. The van der Waals surface area contributed by atoms with Crippen LogP contribution in [0.25, 0.3) is 11.0 Å². The van der Waals surface area contributed by atoms with Crippen LogP contribution in [-0.4, -0.2) is 27.6 Å². The van der Waals surface area contributed by atoms with Crippen molar-refractivity contribution < 1.29 is 0 Å². The van der Waals surface area contributed by atoms with Gasteiger partial charge in [-0.1, -0.05) is 26.6 Å². The van der Waals surface area contributed by atoms with Crippen LogP contribution in [0.15, 0.2) is 11.0 Å². The van der Waals surface area contributed by atoms with Gasteiger partial charge in [-0.05, 0) is 24.7 Å². The summed E-state index contributed by atoms with van der Waals surface area (Å²) in [5.41, 5.74) is 1.01. The Morgan fingerprint density at radius 2 is 2.33 bits per heavy atom. The van der Waals surface area contributed by atoms with E-state index in [-0.39, 0.29) is 5.56 Å². The van der Waals surface area contributed by atoms with Crippen molar-refractivity contribution in [3.8, 4) is 0 Å². The molecule has 1 aliphatic rings. The van der Waals surface area contributed by atoms with Crippen LogP contribution in [0.2, 0.25) is 5.82 Å². The van der Waals surface area contributed by atoms with Gasteiger partial charge in [0.1, 0.15) is 19.1 Å². The smallest absolute Gasteiger partial charge is 0.262 e. The Kier molecular flexibility index (Phi) is 3.42. The van der Waals surface area contributed by atoms with Gasteiger partial charge in [-0.2, -0.15) is 5.10 Å². The summed E-state index contributed by atoms with van der Waals surface area (Å²) in [7, 11) is 2.14. The van der Waals surface area contributed by atoms with Gasteiger partial charge < -0.3 is 4.98 Å². The molecule has 0 saturated heterocycles. The van der Waals surface area contributed by atoms with E-state index in [0.29, 0.717) is 22.5 Å². The van der Waals surface area contributed by atoms with Crippen molar-refractivity contribution in [2.75, 3.05) is 0 Å². The standard InChI is InChI=1S/C15H23BN4O/c1-9(16)8-20-13-11(7-17-20)14(21)19-12(18-13)10-4-5-15(2,3)6-10/h7,9-10H,4-6,8,16H2,1-3H3,(H,18,19,21). The summed E-state index contributed by atoms with van der Waals surface area (Å²) in [6.45, 7) is 7.50. The lowest BCUT2D eigenvalue weighted by molar-refractivity contribution is 0.374. The molecule has 1 fully saturated rings. The molecule has 0 amide bonds. The van der Waals surface area contributed by atoms with Crippen LogP contribution in [0.1, 0.15) is 51.8 Å². The highest BCUT2D eigenvalue weighted by Crippen LogP contribution is 2.44. The maximum Gasteiger partial charge on any atom is 0.262 e. The number of H-pyrrole nitrogens is 1. The van der Waals surface area contributed by atoms with Crippen LogP contribution in [0.4, 0.5) is 0 Å². The number of hydrogen-bond acceptors (Lipinski definition) is 3. The van der Waals surface area contributed by atoms with E-state index in [4.69, 9.17) is 4.98 Å². The van der Waals surface area contributed by atoms with Gasteiger partial charge in [0, 0.05) is 12.5 Å². The van der Waals surface area contributed by atoms with E-state index in [1.54, 1.807) is 6.20 Å². The van der Waals surface area contributed by atoms with Crippen molar-refractivity contribution in [3.05, 3.63) is 22.4 Å². The molecule has 2 heterocycles. The van der Waals surface area contributed by atoms with Gasteiger partial charge in [-0.15, -0.1) is 0 Å². The molecule has 21 heavy (non-hydrogen) atoms. The van der Waals surface area contributed by atoms with Gasteiger partial charge in [0.15, 0.2) is 5.65 Å². The van der Waals surface area contributed by atoms with Crippen LogP contribution < -0.4 is 5.56 Å². The molecule has 2 aromatic heterocycles. The SMILES string of the molecule is BC(C)Cn1ncc2c(=O)[nH]c(C3CCC(C)(C)C3)nc21. The fraction of sp³-hybridized carbons (Fsp3) is 0.667. The van der Waals surface area contributed by atoms with Gasteiger partial charge in [0.25, 0.3) is 5.56 Å². The molecule has 2 unspecified atom stereocenters. The van der Waals surface area contributed by atoms with E-state index in [9.17, 15) is 4.79 Å². The first-order valence-corrected chi connectivity index (χ1v) is 7.81. The first-order chi connectivity index (χ1) is 9.85. The highest BCUT2D eigenvalue weighted by atomic mass is 16.1. The van der Waals surface area contributed by atoms with Gasteiger partial charge in [-0.3, -0.25) is 4.79 Å². The Morgan fingerprint density at radius 3 is 2.95 bits per heavy atom. The number of fused-ring (bicyclic) bond motifs is 1. The average Bonchev–Trinajstić information content (AvgIpc) is 2.93. The second-order valence-corrected chi connectivity index (χ2v) is 7.51. The van der Waals surface area contributed by atoms with Crippen molar-refractivity contribution in [2.24, 2.45) is 5.41 Å². The van der Waals surface area contributed by atoms with Crippen LogP contribution in [-0.2, 0) is 6.54 Å². The van der Waals surface area contributed by atoms with Crippen LogP contribution in [0.3, 0.4) is 0 Å². The predicted octanol–water partition coefficient (Wildman–Crippen LogP) is 1.85. The molecule has 3 rings (SSSR count). The van der Waals surface area contributed by atoms with Crippen LogP contribution in [0.5, 0.6) is 0 Å². The summed E-state index contributed by atoms with van der Waals surface area (Å²) in [5, 5.41) is 4.92. The summed E-state index contributed by atoms with van der Waals surface area (Å²) < 4.78 is 1.86. The van der Waals surface area contributed by atoms with Crippen molar-refractivity contribution in [1.82, 2.24) is 19.7 Å². The van der Waals surface area contributed by atoms with E-state index in [1.807, 2.05) is 4.68 Å². The van der Waals surface area contributed by atoms with E-state index in [2.05, 4.69) is 38.7 Å². The summed E-state index contributed by atoms with van der Waals surface area (Å²) in [5.74, 6) is 1.67. The molecule has 112 valence electrons. The minimum atomic E-state index is -0.0605. The lowest BCUT2D eigenvalue weighted by Gasteiger charge is -2.16. The molecule has 0 aliphatic heterocycles. The second-order valence-electron chi connectivity index (χ2n) is 7.51. The molecule has 2 aromatic rings. The summed E-state index contributed by atoms with van der Waals surface area (Å²) in [6.07, 6.45) is 5.00. The Hall–Kier alpha value is -1.59. The van der Waals surface area contributed by atoms with Crippen LogP contribution >= 0.6 is 0 Å². The molecule has 0 aromatic carbocycles. The van der Waals surface area contributed by atoms with Gasteiger partial charge in [0.2, 0.25) is 0 Å². The van der Waals surface area contributed by atoms with E-state index >= 15 is 0 Å². The number of nitrogens with one attached hydrogen (secondary N) is 1. The Morgan fingerprint density at radius 1 is 1.57 bits per heavy atom. The van der Waals surface area contributed by atoms with Gasteiger partial charge in [0.05, 0.1) is 6.20 Å². The van der Waals surface area contributed by atoms with Gasteiger partial charge in [-0.25, -0.2) is 9.67 Å². The zero-order valence-electron chi connectivity index (χ0n) is 13.3. The zero-order valence-corrected chi connectivity index (χ0v) is 13.3. The quantitative estimate of drug-likeness (QED) is 0.876. The Labute approximate surface area is 125 Å². The minimum Gasteiger partial charge on any atom is -0.310 e. The normalized spacial score (nSPS) is 22.7. The fourth-order valence-electron chi connectivity index (χ4n) is 3.33. The molecular formula is C15H23BN4O. The molecule has 6 heteroatoms. The first-order valence-electron chi connectivity index (χ1n) is 7.81. The molecule has 5 nitrogen and oxygen atoms in total. The Balaban J connectivity index is 2.03. The van der Waals surface area contributed by atoms with Crippen molar-refractivity contribution in [2.45, 2.75) is 58.3 Å². The van der Waals surface area contributed by atoms with Crippen molar-refractivity contribution in [1.29, 1.82) is 0 Å². The second kappa shape index (κ2) is 5.00. The summed E-state index contributed by atoms with van der Waals surface area (Å²) in [6, 6.07) is 0. The van der Waals surface area contributed by atoms with Crippen molar-refractivity contribution in [3.63, 3.8) is 0 Å². The number of aromatic amines is 1. The summed E-state index contributed by atoms with van der Waals surface area (Å²) >= 11 is 0. The van der Waals surface area contributed by atoms with E-state index in [1.165, 1.54) is 6.42 Å². The van der Waals surface area contributed by atoms with Crippen molar-refractivity contribution >= 4 is 18.9 Å². The van der Waals surface area contributed by atoms with E-state index < -0.39 is 0 Å². The first kappa shape index (κ1) is 14.4. The topological polar surface area (TPSA) is 63.6 Å². The maximum absolute atomic E-state index is 12.3. The highest BCUT2D eigenvalue weighted by molar-refractivity contribution is 6.11. The monoisotopic (exact) mass is 286 g/mol. The number of nitrogens with zero attached hydrogens (tertiary/aromatic N) is 3. The molecule has 1 aliphatic carbocycles. The molecule has 0 spiro atoms. The molecule has 0 bridgehead atoms. The molecule has 0 radical (unpaired) electrons. The minimum absolute atomic E-state index is 0.0605. The van der Waals surface area contributed by atoms with E-state index in [0.717, 1.165) is 30.9 Å². The number of hydrogen-bond donors (Lipinski definition) is 1. The zero-order chi connectivity index (χ0) is 15.2. The predicted molar refractivity (Wildman–Crippen MR) is 86.5 cm³/mol. The molecule has 1 saturated carbocycles. The maximum atomic E-state index is 12.3. The summed E-state index contributed by atoms with van der Waals surface area (Å²) in [4.78, 5) is 20.0.